The van der Waals surface area contributed by atoms with Gasteiger partial charge < -0.3 is 25.4 Å². The van der Waals surface area contributed by atoms with E-state index in [2.05, 4.69) is 10.6 Å². The third kappa shape index (κ3) is 10.8. The van der Waals surface area contributed by atoms with Crippen LogP contribution in [0.5, 0.6) is 0 Å². The van der Waals surface area contributed by atoms with E-state index < -0.39 is 43.5 Å². The molecule has 1 rings (SSSR count). The number of carboxylic acid groups (broad SMARTS) is 1. The van der Waals surface area contributed by atoms with E-state index >= 15 is 0 Å². The predicted molar refractivity (Wildman–Crippen MR) is 122 cm³/mol. The number of alkyl carbamates (subject to hydrolysis) is 1. The summed E-state index contributed by atoms with van der Waals surface area (Å²) in [6.07, 6.45) is -2.10. The molecule has 0 aliphatic rings. The molecule has 0 aliphatic heterocycles. The lowest BCUT2D eigenvalue weighted by atomic mass is 10.1. The number of carbonyl (C=O) groups is 3. The Bertz CT molecular complexity index is 831. The first-order valence-electron chi connectivity index (χ1n) is 10.8. The molecule has 4 unspecified atom stereocenters. The fourth-order valence-electron chi connectivity index (χ4n) is 2.87. The zero-order valence-corrected chi connectivity index (χ0v) is 20.6. The van der Waals surface area contributed by atoms with Gasteiger partial charge in [0.1, 0.15) is 24.5 Å². The van der Waals surface area contributed by atoms with E-state index in [9.17, 15) is 23.8 Å². The molecule has 1 aromatic rings. The maximum absolute atomic E-state index is 13.1. The van der Waals surface area contributed by atoms with Crippen molar-refractivity contribution >= 4 is 25.6 Å². The number of aliphatic carboxylic acids is 1. The third-order valence-corrected chi connectivity index (χ3v) is 6.26. The second kappa shape index (κ2) is 13.3. The van der Waals surface area contributed by atoms with Crippen molar-refractivity contribution in [1.29, 1.82) is 0 Å². The molecule has 0 fully saturated rings. The van der Waals surface area contributed by atoms with Crippen molar-refractivity contribution in [2.75, 3.05) is 0 Å². The van der Waals surface area contributed by atoms with Crippen LogP contribution in [-0.2, 0) is 30.0 Å². The molecule has 4 atom stereocenters. The number of carbonyl (C=O) groups excluding carboxylic acids is 2. The maximum Gasteiger partial charge on any atom is 0.408 e. The Hall–Kier alpha value is -2.42. The van der Waals surface area contributed by atoms with E-state index in [4.69, 9.17) is 14.4 Å². The molecular formula is C22H35N2O8P. The smallest absolute Gasteiger partial charge is 0.408 e. The lowest BCUT2D eigenvalue weighted by Gasteiger charge is -2.29. The zero-order valence-electron chi connectivity index (χ0n) is 19.7. The highest BCUT2D eigenvalue weighted by atomic mass is 31.2. The summed E-state index contributed by atoms with van der Waals surface area (Å²) in [4.78, 5) is 46.6. The van der Waals surface area contributed by atoms with Gasteiger partial charge in [-0.3, -0.25) is 18.7 Å². The Labute approximate surface area is 194 Å². The van der Waals surface area contributed by atoms with Crippen molar-refractivity contribution in [2.24, 2.45) is 11.8 Å². The Morgan fingerprint density at radius 3 is 2.06 bits per heavy atom. The lowest BCUT2D eigenvalue weighted by molar-refractivity contribution is -0.142. The molecule has 11 heteroatoms. The van der Waals surface area contributed by atoms with Crippen molar-refractivity contribution < 1.29 is 38.2 Å². The average Bonchev–Trinajstić information content (AvgIpc) is 2.71. The predicted octanol–water partition coefficient (Wildman–Crippen LogP) is 3.49. The number of ether oxygens (including phenoxy) is 1. The fraction of sp³-hybridized carbons (Fsp3) is 0.591. The van der Waals surface area contributed by atoms with E-state index in [-0.39, 0.29) is 31.3 Å². The Morgan fingerprint density at radius 2 is 1.55 bits per heavy atom. The number of hydrogen-bond donors (Lipinski definition) is 4. The summed E-state index contributed by atoms with van der Waals surface area (Å²) < 4.78 is 23.6. The van der Waals surface area contributed by atoms with Gasteiger partial charge in [-0.05, 0) is 37.2 Å². The lowest BCUT2D eigenvalue weighted by Crippen LogP contribution is -2.45. The molecule has 0 radical (unpaired) electrons. The van der Waals surface area contributed by atoms with E-state index in [1.54, 1.807) is 52.0 Å². The van der Waals surface area contributed by atoms with Crippen LogP contribution >= 0.6 is 7.60 Å². The van der Waals surface area contributed by atoms with Crippen LogP contribution in [0.15, 0.2) is 30.3 Å². The zero-order chi connectivity index (χ0) is 25.2. The summed E-state index contributed by atoms with van der Waals surface area (Å²) in [5.41, 5.74) is 0.748. The van der Waals surface area contributed by atoms with Crippen molar-refractivity contribution in [3.05, 3.63) is 35.9 Å². The molecule has 1 aromatic carbocycles. The van der Waals surface area contributed by atoms with E-state index in [1.165, 1.54) is 6.92 Å². The van der Waals surface area contributed by atoms with Crippen molar-refractivity contribution in [3.63, 3.8) is 0 Å². The van der Waals surface area contributed by atoms with Gasteiger partial charge in [-0.1, -0.05) is 58.0 Å². The van der Waals surface area contributed by atoms with Gasteiger partial charge >= 0.3 is 19.7 Å². The molecule has 0 aliphatic carbocycles. The van der Waals surface area contributed by atoms with Gasteiger partial charge in [0, 0.05) is 0 Å². The van der Waals surface area contributed by atoms with Gasteiger partial charge in [0.25, 0.3) is 0 Å². The number of amides is 2. The molecule has 0 saturated heterocycles. The molecular weight excluding hydrogens is 451 g/mol. The van der Waals surface area contributed by atoms with Gasteiger partial charge in [-0.2, -0.15) is 0 Å². The highest BCUT2D eigenvalue weighted by Crippen LogP contribution is 2.50. The number of hydrogen-bond acceptors (Lipinski definition) is 6. The summed E-state index contributed by atoms with van der Waals surface area (Å²) in [5, 5.41) is 13.7. The van der Waals surface area contributed by atoms with Crippen LogP contribution < -0.4 is 10.6 Å². The summed E-state index contributed by atoms with van der Waals surface area (Å²) in [6, 6.07) is 7.74. The molecule has 33 heavy (non-hydrogen) atoms. The minimum Gasteiger partial charge on any atom is -0.480 e. The summed E-state index contributed by atoms with van der Waals surface area (Å²) in [5.74, 6) is -3.56. The molecule has 2 amide bonds. The third-order valence-electron chi connectivity index (χ3n) is 4.57. The summed E-state index contributed by atoms with van der Waals surface area (Å²) in [7, 11) is -4.56. The van der Waals surface area contributed by atoms with Crippen molar-refractivity contribution in [1.82, 2.24) is 10.6 Å². The van der Waals surface area contributed by atoms with Crippen LogP contribution in [0.2, 0.25) is 0 Å². The molecule has 0 aromatic heterocycles. The SMILES string of the molecule is CC(C)CC(OP(=O)(O)C(CC(C)C)NC(=O)OCc1ccccc1)C(=O)NC(C)C(=O)O. The molecule has 4 N–H and O–H groups in total. The van der Waals surface area contributed by atoms with E-state index in [1.807, 2.05) is 6.07 Å². The normalized spacial score (nSPS) is 15.9. The van der Waals surface area contributed by atoms with Crippen LogP contribution in [-0.4, -0.2) is 45.9 Å². The Balaban J connectivity index is 2.94. The van der Waals surface area contributed by atoms with E-state index in [0.717, 1.165) is 5.56 Å². The topological polar surface area (TPSA) is 151 Å². The summed E-state index contributed by atoms with van der Waals surface area (Å²) in [6.45, 7) is 8.43. The molecule has 0 heterocycles. The van der Waals surface area contributed by atoms with Gasteiger partial charge in [0.05, 0.1) is 0 Å². The Morgan fingerprint density at radius 1 is 0.970 bits per heavy atom. The highest BCUT2D eigenvalue weighted by molar-refractivity contribution is 7.53. The van der Waals surface area contributed by atoms with Crippen LogP contribution in [0.4, 0.5) is 4.79 Å². The first kappa shape index (κ1) is 28.6. The molecule has 0 saturated carbocycles. The molecule has 10 nitrogen and oxygen atoms in total. The molecule has 0 bridgehead atoms. The Kier molecular flexibility index (Phi) is 11.6. The van der Waals surface area contributed by atoms with E-state index in [0.29, 0.717) is 0 Å². The van der Waals surface area contributed by atoms with Crippen molar-refractivity contribution in [3.8, 4) is 0 Å². The van der Waals surface area contributed by atoms with Gasteiger partial charge in [0.15, 0.2) is 0 Å². The first-order chi connectivity index (χ1) is 15.3. The van der Waals surface area contributed by atoms with Gasteiger partial charge in [0.2, 0.25) is 5.91 Å². The first-order valence-corrected chi connectivity index (χ1v) is 12.5. The van der Waals surface area contributed by atoms with Gasteiger partial charge in [-0.25, -0.2) is 4.79 Å². The van der Waals surface area contributed by atoms with Gasteiger partial charge in [-0.15, -0.1) is 0 Å². The second-order valence-electron chi connectivity index (χ2n) is 8.71. The number of rotatable bonds is 13. The number of carboxylic acids is 1. The standard InChI is InChI=1S/C22H35N2O8P/c1-14(2)11-18(20(25)23-16(5)21(26)27)32-33(29,30)19(12-15(3)4)24-22(28)31-13-17-9-7-6-8-10-17/h6-10,14-16,18-19H,11-13H2,1-5H3,(H,23,25)(H,24,28)(H,26,27)(H,29,30). The fourth-order valence-corrected chi connectivity index (χ4v) is 4.52. The quantitative estimate of drug-likeness (QED) is 0.309. The van der Waals surface area contributed by atoms with Crippen molar-refractivity contribution in [2.45, 2.75) is 72.0 Å². The maximum atomic E-state index is 13.1. The minimum absolute atomic E-state index is 0.0247. The van der Waals surface area contributed by atoms with Crippen LogP contribution in [0.1, 0.15) is 53.0 Å². The summed E-state index contributed by atoms with van der Waals surface area (Å²) >= 11 is 0. The number of benzene rings is 1. The molecule has 0 spiro atoms. The van der Waals surface area contributed by atoms with Crippen LogP contribution in [0, 0.1) is 11.8 Å². The molecule has 186 valence electrons. The largest absolute Gasteiger partial charge is 0.480 e. The van der Waals surface area contributed by atoms with Crippen LogP contribution in [0.25, 0.3) is 0 Å². The monoisotopic (exact) mass is 486 g/mol. The highest BCUT2D eigenvalue weighted by Gasteiger charge is 2.39. The second-order valence-corrected chi connectivity index (χ2v) is 10.7. The minimum atomic E-state index is -4.56. The van der Waals surface area contributed by atoms with Crippen LogP contribution in [0.3, 0.4) is 0 Å². The number of nitrogens with one attached hydrogen (secondary N) is 2. The average molecular weight is 487 g/mol.